The van der Waals surface area contributed by atoms with Crippen LogP contribution < -0.4 is 4.90 Å². The Bertz CT molecular complexity index is 431. The third kappa shape index (κ3) is 2.30. The number of piperazine rings is 1. The molecule has 0 radical (unpaired) electrons. The van der Waals surface area contributed by atoms with E-state index in [1.165, 1.54) is 17.0 Å². The minimum absolute atomic E-state index is 0.190. The van der Waals surface area contributed by atoms with Gasteiger partial charge >= 0.3 is 6.09 Å². The number of hydrogen-bond acceptors (Lipinski definition) is 2. The van der Waals surface area contributed by atoms with Crippen LogP contribution in [0.1, 0.15) is 0 Å². The van der Waals surface area contributed by atoms with Gasteiger partial charge in [0.05, 0.1) is 5.69 Å². The molecule has 2 rings (SSSR count). The van der Waals surface area contributed by atoms with Gasteiger partial charge in [0.25, 0.3) is 0 Å². The van der Waals surface area contributed by atoms with Crippen molar-refractivity contribution in [2.45, 2.75) is 0 Å². The zero-order valence-electron chi connectivity index (χ0n) is 9.07. The molecule has 92 valence electrons. The van der Waals surface area contributed by atoms with E-state index >= 15 is 0 Å². The minimum atomic E-state index is -0.982. The molecule has 0 spiro atoms. The van der Waals surface area contributed by atoms with Gasteiger partial charge in [-0.3, -0.25) is 0 Å². The monoisotopic (exact) mass is 242 g/mol. The molecule has 1 aliphatic rings. The zero-order valence-corrected chi connectivity index (χ0v) is 9.07. The lowest BCUT2D eigenvalue weighted by atomic mass is 10.2. The average molecular weight is 242 g/mol. The van der Waals surface area contributed by atoms with Crippen LogP contribution in [0.2, 0.25) is 0 Å². The standard InChI is InChI=1S/C11H12F2N2O2/c12-8-2-1-3-9(10(8)13)14-4-6-15(7-5-14)11(16)17/h1-3H,4-7H2,(H,16,17). The maximum absolute atomic E-state index is 13.5. The number of nitrogens with zero attached hydrogens (tertiary/aromatic N) is 2. The first-order chi connectivity index (χ1) is 8.09. The lowest BCUT2D eigenvalue weighted by molar-refractivity contribution is 0.142. The summed E-state index contributed by atoms with van der Waals surface area (Å²) < 4.78 is 26.5. The summed E-state index contributed by atoms with van der Waals surface area (Å²) in [5.74, 6) is -1.76. The van der Waals surface area contributed by atoms with Crippen molar-refractivity contribution in [3.05, 3.63) is 29.8 Å². The van der Waals surface area contributed by atoms with Crippen LogP contribution in [-0.4, -0.2) is 42.3 Å². The van der Waals surface area contributed by atoms with Crippen molar-refractivity contribution < 1.29 is 18.7 Å². The van der Waals surface area contributed by atoms with E-state index in [1.54, 1.807) is 4.90 Å². The number of halogens is 2. The van der Waals surface area contributed by atoms with Gasteiger partial charge in [-0.25, -0.2) is 13.6 Å². The second kappa shape index (κ2) is 4.57. The second-order valence-electron chi connectivity index (χ2n) is 3.83. The summed E-state index contributed by atoms with van der Waals surface area (Å²) in [6, 6.07) is 4.00. The molecule has 6 heteroatoms. The van der Waals surface area contributed by atoms with Crippen molar-refractivity contribution in [1.82, 2.24) is 4.90 Å². The number of carboxylic acid groups (broad SMARTS) is 1. The molecule has 0 bridgehead atoms. The molecule has 0 saturated carbocycles. The van der Waals surface area contributed by atoms with Crippen LogP contribution in [0, 0.1) is 11.6 Å². The van der Waals surface area contributed by atoms with Crippen LogP contribution in [0.15, 0.2) is 18.2 Å². The van der Waals surface area contributed by atoms with E-state index in [4.69, 9.17) is 5.11 Å². The van der Waals surface area contributed by atoms with Gasteiger partial charge in [-0.1, -0.05) is 6.07 Å². The summed E-state index contributed by atoms with van der Waals surface area (Å²) in [7, 11) is 0. The number of carbonyl (C=O) groups is 1. The van der Waals surface area contributed by atoms with Crippen molar-refractivity contribution in [2.24, 2.45) is 0 Å². The van der Waals surface area contributed by atoms with Gasteiger partial charge in [-0.05, 0) is 12.1 Å². The molecule has 1 aliphatic heterocycles. The molecule has 1 aromatic rings. The van der Waals surface area contributed by atoms with Crippen LogP contribution >= 0.6 is 0 Å². The molecule has 1 amide bonds. The highest BCUT2D eigenvalue weighted by Crippen LogP contribution is 2.22. The molecule has 1 heterocycles. The summed E-state index contributed by atoms with van der Waals surface area (Å²) >= 11 is 0. The Hall–Kier alpha value is -1.85. The molecule has 1 N–H and O–H groups in total. The molecule has 0 aliphatic carbocycles. The van der Waals surface area contributed by atoms with Gasteiger partial charge in [-0.15, -0.1) is 0 Å². The lowest BCUT2D eigenvalue weighted by Gasteiger charge is -2.34. The van der Waals surface area contributed by atoms with E-state index in [0.717, 1.165) is 6.07 Å². The normalized spacial score (nSPS) is 16.1. The van der Waals surface area contributed by atoms with Gasteiger partial charge in [0.2, 0.25) is 0 Å². The third-order valence-corrected chi connectivity index (χ3v) is 2.82. The maximum atomic E-state index is 13.5. The van der Waals surface area contributed by atoms with E-state index < -0.39 is 17.7 Å². The molecular formula is C11H12F2N2O2. The summed E-state index contributed by atoms with van der Waals surface area (Å²) in [4.78, 5) is 13.6. The van der Waals surface area contributed by atoms with Crippen molar-refractivity contribution in [3.8, 4) is 0 Å². The molecular weight excluding hydrogens is 230 g/mol. The van der Waals surface area contributed by atoms with Crippen LogP contribution in [0.25, 0.3) is 0 Å². The van der Waals surface area contributed by atoms with Crippen molar-refractivity contribution >= 4 is 11.8 Å². The molecule has 0 unspecified atom stereocenters. The smallest absolute Gasteiger partial charge is 0.407 e. The zero-order chi connectivity index (χ0) is 12.4. The fourth-order valence-corrected chi connectivity index (χ4v) is 1.88. The number of benzene rings is 1. The Morgan fingerprint density at radius 1 is 1.18 bits per heavy atom. The fraction of sp³-hybridized carbons (Fsp3) is 0.364. The number of hydrogen-bond donors (Lipinski definition) is 1. The van der Waals surface area contributed by atoms with Gasteiger partial charge in [0.15, 0.2) is 11.6 Å². The first-order valence-electron chi connectivity index (χ1n) is 5.26. The van der Waals surface area contributed by atoms with E-state index in [2.05, 4.69) is 0 Å². The van der Waals surface area contributed by atoms with Crippen LogP contribution in [0.4, 0.5) is 19.3 Å². The molecule has 0 atom stereocenters. The highest BCUT2D eigenvalue weighted by atomic mass is 19.2. The average Bonchev–Trinajstić information content (AvgIpc) is 2.33. The number of amides is 1. The predicted molar refractivity (Wildman–Crippen MR) is 58.2 cm³/mol. The SMILES string of the molecule is O=C(O)N1CCN(c2cccc(F)c2F)CC1. The summed E-state index contributed by atoms with van der Waals surface area (Å²) in [6.07, 6.45) is -0.982. The maximum Gasteiger partial charge on any atom is 0.407 e. The fourth-order valence-electron chi connectivity index (χ4n) is 1.88. The van der Waals surface area contributed by atoms with E-state index in [-0.39, 0.29) is 5.69 Å². The van der Waals surface area contributed by atoms with Crippen LogP contribution in [0.3, 0.4) is 0 Å². The van der Waals surface area contributed by atoms with Gasteiger partial charge in [0.1, 0.15) is 0 Å². The minimum Gasteiger partial charge on any atom is -0.465 e. The van der Waals surface area contributed by atoms with Gasteiger partial charge in [0, 0.05) is 26.2 Å². The van der Waals surface area contributed by atoms with Crippen LogP contribution in [-0.2, 0) is 0 Å². The highest BCUT2D eigenvalue weighted by Gasteiger charge is 2.22. The largest absolute Gasteiger partial charge is 0.465 e. The first kappa shape index (κ1) is 11.6. The molecule has 1 fully saturated rings. The molecule has 1 saturated heterocycles. The number of anilines is 1. The van der Waals surface area contributed by atoms with Gasteiger partial charge < -0.3 is 14.9 Å². The Labute approximate surface area is 97.1 Å². The Balaban J connectivity index is 2.10. The Kier molecular flexibility index (Phi) is 3.12. The Morgan fingerprint density at radius 2 is 1.82 bits per heavy atom. The Morgan fingerprint density at radius 3 is 2.41 bits per heavy atom. The topological polar surface area (TPSA) is 43.8 Å². The molecule has 4 nitrogen and oxygen atoms in total. The van der Waals surface area contributed by atoms with Crippen molar-refractivity contribution in [1.29, 1.82) is 0 Å². The van der Waals surface area contributed by atoms with Crippen LogP contribution in [0.5, 0.6) is 0 Å². The summed E-state index contributed by atoms with van der Waals surface area (Å²) in [5.41, 5.74) is 0.190. The van der Waals surface area contributed by atoms with E-state index in [0.29, 0.717) is 26.2 Å². The summed E-state index contributed by atoms with van der Waals surface area (Å²) in [6.45, 7) is 1.33. The molecule has 1 aromatic carbocycles. The quantitative estimate of drug-likeness (QED) is 0.816. The van der Waals surface area contributed by atoms with E-state index in [1.807, 2.05) is 0 Å². The molecule has 0 aromatic heterocycles. The second-order valence-corrected chi connectivity index (χ2v) is 3.83. The third-order valence-electron chi connectivity index (χ3n) is 2.82. The predicted octanol–water partition coefficient (Wildman–Crippen LogP) is 1.76. The lowest BCUT2D eigenvalue weighted by Crippen LogP contribution is -2.48. The van der Waals surface area contributed by atoms with E-state index in [9.17, 15) is 13.6 Å². The summed E-state index contributed by atoms with van der Waals surface area (Å²) in [5, 5.41) is 8.77. The highest BCUT2D eigenvalue weighted by molar-refractivity contribution is 5.65. The van der Waals surface area contributed by atoms with Crippen molar-refractivity contribution in [2.75, 3.05) is 31.1 Å². The number of rotatable bonds is 1. The van der Waals surface area contributed by atoms with Gasteiger partial charge in [-0.2, -0.15) is 0 Å². The van der Waals surface area contributed by atoms with Crippen molar-refractivity contribution in [3.63, 3.8) is 0 Å². The molecule has 17 heavy (non-hydrogen) atoms. The first-order valence-corrected chi connectivity index (χ1v) is 5.26.